The van der Waals surface area contributed by atoms with Crippen LogP contribution in [-0.2, 0) is 9.47 Å². The number of hydrogen-bond donors (Lipinski definition) is 3. The lowest BCUT2D eigenvalue weighted by Gasteiger charge is -2.16. The highest BCUT2D eigenvalue weighted by atomic mass is 16.6. The minimum absolute atomic E-state index is 0.221. The predicted molar refractivity (Wildman–Crippen MR) is 81.4 cm³/mol. The summed E-state index contributed by atoms with van der Waals surface area (Å²) in [5.74, 6) is 0.251. The number of imidazole rings is 1. The molecule has 0 bridgehead atoms. The first-order valence-corrected chi connectivity index (χ1v) is 7.65. The van der Waals surface area contributed by atoms with E-state index in [1.807, 2.05) is 0 Å². The summed E-state index contributed by atoms with van der Waals surface area (Å²) in [7, 11) is 0. The minimum Gasteiger partial charge on any atom is -0.387 e. The quantitative estimate of drug-likeness (QED) is 0.626. The Hall–Kier alpha value is -1.81. The third-order valence-electron chi connectivity index (χ3n) is 3.92. The number of unbranched alkanes of at least 4 members (excludes halogenated alkanes) is 1. The van der Waals surface area contributed by atoms with Gasteiger partial charge in [0.05, 0.1) is 12.9 Å². The van der Waals surface area contributed by atoms with Crippen molar-refractivity contribution >= 4 is 17.0 Å². The number of ether oxygens (including phenoxy) is 2. The second-order valence-electron chi connectivity index (χ2n) is 5.56. The lowest BCUT2D eigenvalue weighted by molar-refractivity contribution is -0.0656. The first-order chi connectivity index (χ1) is 11.1. The maximum absolute atomic E-state index is 10.3. The summed E-state index contributed by atoms with van der Waals surface area (Å²) in [4.78, 5) is 12.1. The summed E-state index contributed by atoms with van der Waals surface area (Å²) in [6, 6.07) is 0. The number of nitrogens with zero attached hydrogens (tertiary/aromatic N) is 4. The topological polar surface area (TPSA) is 129 Å². The Morgan fingerprint density at radius 3 is 2.91 bits per heavy atom. The zero-order valence-corrected chi connectivity index (χ0v) is 12.9. The molecule has 1 fully saturated rings. The van der Waals surface area contributed by atoms with Crippen LogP contribution in [0.15, 0.2) is 12.7 Å². The number of fused-ring (bicyclic) bond motifs is 1. The summed E-state index contributed by atoms with van der Waals surface area (Å²) in [5.41, 5.74) is 6.63. The maximum atomic E-state index is 10.3. The summed E-state index contributed by atoms with van der Waals surface area (Å²) >= 11 is 0. The maximum Gasteiger partial charge on any atom is 0.167 e. The molecule has 0 aliphatic carbocycles. The minimum atomic E-state index is -1.11. The van der Waals surface area contributed by atoms with Crippen LogP contribution in [0.3, 0.4) is 0 Å². The summed E-state index contributed by atoms with van der Waals surface area (Å²) in [6.45, 7) is 2.89. The number of rotatable bonds is 6. The van der Waals surface area contributed by atoms with Crippen LogP contribution in [0.2, 0.25) is 0 Å². The molecule has 3 heterocycles. The van der Waals surface area contributed by atoms with E-state index in [1.54, 1.807) is 4.57 Å². The van der Waals surface area contributed by atoms with Crippen molar-refractivity contribution in [3.63, 3.8) is 0 Å². The molecule has 9 nitrogen and oxygen atoms in total. The fourth-order valence-electron chi connectivity index (χ4n) is 2.60. The van der Waals surface area contributed by atoms with E-state index >= 15 is 0 Å². The Bertz CT molecular complexity index is 664. The molecule has 0 spiro atoms. The zero-order valence-electron chi connectivity index (χ0n) is 12.9. The number of aromatic nitrogens is 4. The van der Waals surface area contributed by atoms with Gasteiger partial charge in [0.15, 0.2) is 17.7 Å². The van der Waals surface area contributed by atoms with Crippen molar-refractivity contribution in [2.75, 3.05) is 18.9 Å². The molecule has 1 aliphatic heterocycles. The molecule has 23 heavy (non-hydrogen) atoms. The van der Waals surface area contributed by atoms with E-state index in [0.717, 1.165) is 12.8 Å². The van der Waals surface area contributed by atoms with Crippen LogP contribution in [-0.4, -0.2) is 61.3 Å². The van der Waals surface area contributed by atoms with Gasteiger partial charge < -0.3 is 25.4 Å². The van der Waals surface area contributed by atoms with Gasteiger partial charge in [-0.05, 0) is 6.42 Å². The fourth-order valence-corrected chi connectivity index (χ4v) is 2.60. The van der Waals surface area contributed by atoms with Crippen LogP contribution in [0.25, 0.3) is 11.2 Å². The number of aliphatic hydroxyl groups excluding tert-OH is 2. The average molecular weight is 323 g/mol. The van der Waals surface area contributed by atoms with Gasteiger partial charge in [0.25, 0.3) is 0 Å². The van der Waals surface area contributed by atoms with Crippen LogP contribution in [0.1, 0.15) is 26.0 Å². The van der Waals surface area contributed by atoms with Crippen LogP contribution in [0, 0.1) is 0 Å². The van der Waals surface area contributed by atoms with Crippen molar-refractivity contribution in [1.82, 2.24) is 19.5 Å². The molecule has 2 aromatic rings. The molecular formula is C14H21N5O4. The first kappa shape index (κ1) is 16.1. The molecule has 9 heteroatoms. The highest BCUT2D eigenvalue weighted by Gasteiger charge is 2.44. The lowest BCUT2D eigenvalue weighted by atomic mass is 10.1. The van der Waals surface area contributed by atoms with Crippen molar-refractivity contribution in [3.8, 4) is 0 Å². The van der Waals surface area contributed by atoms with Crippen molar-refractivity contribution in [1.29, 1.82) is 0 Å². The molecule has 0 aromatic carbocycles. The molecule has 1 aliphatic rings. The van der Waals surface area contributed by atoms with E-state index in [2.05, 4.69) is 21.9 Å². The van der Waals surface area contributed by atoms with Crippen molar-refractivity contribution in [2.45, 2.75) is 44.3 Å². The molecule has 126 valence electrons. The third kappa shape index (κ3) is 3.00. The number of aliphatic hydroxyl groups is 2. The van der Waals surface area contributed by atoms with Crippen molar-refractivity contribution < 1.29 is 19.7 Å². The smallest absolute Gasteiger partial charge is 0.167 e. The van der Waals surface area contributed by atoms with E-state index in [4.69, 9.17) is 15.2 Å². The third-order valence-corrected chi connectivity index (χ3v) is 3.92. The van der Waals surface area contributed by atoms with E-state index in [1.165, 1.54) is 12.7 Å². The van der Waals surface area contributed by atoms with Gasteiger partial charge >= 0.3 is 0 Å². The molecule has 4 N–H and O–H groups in total. The van der Waals surface area contributed by atoms with E-state index in [0.29, 0.717) is 17.8 Å². The molecule has 0 saturated carbocycles. The normalized spacial score (nSPS) is 27.8. The van der Waals surface area contributed by atoms with Gasteiger partial charge in [0.2, 0.25) is 0 Å². The average Bonchev–Trinajstić information content (AvgIpc) is 3.09. The van der Waals surface area contributed by atoms with E-state index < -0.39 is 24.5 Å². The summed E-state index contributed by atoms with van der Waals surface area (Å²) in [6.07, 6.45) is 1.20. The van der Waals surface area contributed by atoms with Gasteiger partial charge in [0, 0.05) is 6.61 Å². The molecule has 4 atom stereocenters. The molecular weight excluding hydrogens is 302 g/mol. The van der Waals surface area contributed by atoms with Crippen LogP contribution < -0.4 is 5.73 Å². The van der Waals surface area contributed by atoms with E-state index in [9.17, 15) is 10.2 Å². The Labute approximate surface area is 133 Å². The first-order valence-electron chi connectivity index (χ1n) is 7.65. The highest BCUT2D eigenvalue weighted by Crippen LogP contribution is 2.32. The molecule has 2 aromatic heterocycles. The van der Waals surface area contributed by atoms with Crippen LogP contribution in [0.4, 0.5) is 5.82 Å². The van der Waals surface area contributed by atoms with Crippen molar-refractivity contribution in [3.05, 3.63) is 12.7 Å². The largest absolute Gasteiger partial charge is 0.387 e. The SMILES string of the molecule is CCCCOC[C@H]1O[C@@H](n2cnc3c(N)ncnc32)C(O)C1O. The Morgan fingerprint density at radius 1 is 1.30 bits per heavy atom. The van der Waals surface area contributed by atoms with Crippen LogP contribution in [0.5, 0.6) is 0 Å². The van der Waals surface area contributed by atoms with Gasteiger partial charge in [-0.25, -0.2) is 15.0 Å². The number of nitrogens with two attached hydrogens (primary N) is 1. The van der Waals surface area contributed by atoms with Crippen molar-refractivity contribution in [2.24, 2.45) is 0 Å². The molecule has 3 rings (SSSR count). The predicted octanol–water partition coefficient (Wildman–Crippen LogP) is -0.156. The highest BCUT2D eigenvalue weighted by molar-refractivity contribution is 5.81. The second kappa shape index (κ2) is 6.75. The number of nitrogen functional groups attached to an aromatic ring is 1. The van der Waals surface area contributed by atoms with Gasteiger partial charge in [-0.1, -0.05) is 13.3 Å². The number of anilines is 1. The Morgan fingerprint density at radius 2 is 2.13 bits per heavy atom. The molecule has 1 saturated heterocycles. The standard InChI is InChI=1S/C14H21N5O4/c1-2-3-4-22-5-8-10(20)11(21)14(23-8)19-7-18-9-12(15)16-6-17-13(9)19/h6-8,10-11,14,20-21H,2-5H2,1H3,(H2,15,16,17)/t8-,10?,11?,14-/m1/s1. The Balaban J connectivity index is 1.76. The van der Waals surface area contributed by atoms with Gasteiger partial charge in [-0.15, -0.1) is 0 Å². The molecule has 0 radical (unpaired) electrons. The van der Waals surface area contributed by atoms with Gasteiger partial charge in [0.1, 0.15) is 30.2 Å². The fraction of sp³-hybridized carbons (Fsp3) is 0.643. The summed E-state index contributed by atoms with van der Waals surface area (Å²) < 4.78 is 12.8. The van der Waals surface area contributed by atoms with Crippen LogP contribution >= 0.6 is 0 Å². The molecule has 0 amide bonds. The number of hydrogen-bond acceptors (Lipinski definition) is 8. The Kier molecular flexibility index (Phi) is 4.71. The van der Waals surface area contributed by atoms with Gasteiger partial charge in [-0.3, -0.25) is 4.57 Å². The lowest BCUT2D eigenvalue weighted by Crippen LogP contribution is -2.33. The zero-order chi connectivity index (χ0) is 16.4. The van der Waals surface area contributed by atoms with Gasteiger partial charge in [-0.2, -0.15) is 0 Å². The van der Waals surface area contributed by atoms with E-state index in [-0.39, 0.29) is 12.4 Å². The monoisotopic (exact) mass is 323 g/mol. The second-order valence-corrected chi connectivity index (χ2v) is 5.56. The molecule has 2 unspecified atom stereocenters. The summed E-state index contributed by atoms with van der Waals surface area (Å²) in [5, 5.41) is 20.4.